The van der Waals surface area contributed by atoms with Crippen molar-refractivity contribution in [1.82, 2.24) is 0 Å². The second-order valence-corrected chi connectivity index (χ2v) is 7.93. The molecule has 0 amide bonds. The molecule has 1 aromatic heterocycles. The van der Waals surface area contributed by atoms with Crippen molar-refractivity contribution in [2.75, 3.05) is 17.5 Å². The minimum atomic E-state index is -3.57. The molecular formula is C14H16N2O3S2. The van der Waals surface area contributed by atoms with Gasteiger partial charge in [-0.3, -0.25) is 4.31 Å². The average Bonchev–Trinajstić information content (AvgIpc) is 2.87. The van der Waals surface area contributed by atoms with Crippen LogP contribution < -0.4 is 14.8 Å². The first kappa shape index (κ1) is 14.4. The lowest BCUT2D eigenvalue weighted by Crippen LogP contribution is -2.31. The summed E-state index contributed by atoms with van der Waals surface area (Å²) in [6.07, 6.45) is 0.656. The normalized spacial score (nSPS) is 15.2. The highest BCUT2D eigenvalue weighted by molar-refractivity contribution is 7.94. The van der Waals surface area contributed by atoms with E-state index in [1.807, 2.05) is 12.1 Å². The van der Waals surface area contributed by atoms with Gasteiger partial charge in [0.1, 0.15) is 9.96 Å². The lowest BCUT2D eigenvalue weighted by atomic mass is 10.3. The van der Waals surface area contributed by atoms with E-state index in [0.717, 1.165) is 4.88 Å². The smallest absolute Gasteiger partial charge is 0.273 e. The van der Waals surface area contributed by atoms with Crippen LogP contribution in [0.1, 0.15) is 11.3 Å². The van der Waals surface area contributed by atoms with Crippen LogP contribution >= 0.6 is 11.3 Å². The Bertz CT molecular complexity index is 740. The van der Waals surface area contributed by atoms with Crippen LogP contribution in [0.4, 0.5) is 5.69 Å². The van der Waals surface area contributed by atoms with Gasteiger partial charge in [0.15, 0.2) is 0 Å². The predicted molar refractivity (Wildman–Crippen MR) is 83.3 cm³/mol. The van der Waals surface area contributed by atoms with Gasteiger partial charge < -0.3 is 10.5 Å². The topological polar surface area (TPSA) is 72.6 Å². The molecule has 0 saturated heterocycles. The highest BCUT2D eigenvalue weighted by Crippen LogP contribution is 2.35. The summed E-state index contributed by atoms with van der Waals surface area (Å²) in [6.45, 7) is 1.27. The van der Waals surface area contributed by atoms with Gasteiger partial charge in [0.05, 0.1) is 12.3 Å². The number of thiophene rings is 1. The van der Waals surface area contributed by atoms with E-state index < -0.39 is 10.0 Å². The summed E-state index contributed by atoms with van der Waals surface area (Å²) in [6, 6.07) is 10.6. The zero-order chi connectivity index (χ0) is 14.9. The second-order valence-electron chi connectivity index (χ2n) is 4.67. The van der Waals surface area contributed by atoms with E-state index in [2.05, 4.69) is 0 Å². The molecule has 2 aromatic rings. The third-order valence-corrected chi connectivity index (χ3v) is 6.67. The number of benzene rings is 1. The number of sulfonamides is 1. The number of ether oxygens (including phenoxy) is 1. The van der Waals surface area contributed by atoms with Crippen molar-refractivity contribution in [3.05, 3.63) is 41.3 Å². The summed E-state index contributed by atoms with van der Waals surface area (Å²) in [5.74, 6) is 0.606. The van der Waals surface area contributed by atoms with E-state index in [1.165, 1.54) is 15.6 Å². The number of para-hydroxylation sites is 2. The fraction of sp³-hybridized carbons (Fsp3) is 0.286. The second kappa shape index (κ2) is 5.67. The molecule has 7 heteroatoms. The van der Waals surface area contributed by atoms with E-state index >= 15 is 0 Å². The summed E-state index contributed by atoms with van der Waals surface area (Å²) >= 11 is 1.22. The van der Waals surface area contributed by atoms with Crippen LogP contribution in [0.15, 0.2) is 40.6 Å². The molecule has 0 atom stereocenters. The summed E-state index contributed by atoms with van der Waals surface area (Å²) < 4.78 is 33.1. The molecule has 112 valence electrons. The Morgan fingerprint density at radius 1 is 1.24 bits per heavy atom. The van der Waals surface area contributed by atoms with Gasteiger partial charge in [0.2, 0.25) is 0 Å². The van der Waals surface area contributed by atoms with Crippen molar-refractivity contribution in [3.63, 3.8) is 0 Å². The van der Waals surface area contributed by atoms with Gasteiger partial charge >= 0.3 is 0 Å². The van der Waals surface area contributed by atoms with Crippen molar-refractivity contribution in [2.24, 2.45) is 5.73 Å². The number of hydrogen-bond acceptors (Lipinski definition) is 5. The Morgan fingerprint density at radius 3 is 2.81 bits per heavy atom. The Balaban J connectivity index is 2.06. The van der Waals surface area contributed by atoms with E-state index in [4.69, 9.17) is 10.5 Å². The van der Waals surface area contributed by atoms with Crippen LogP contribution in [0.2, 0.25) is 0 Å². The summed E-state index contributed by atoms with van der Waals surface area (Å²) in [5, 5.41) is 0. The van der Waals surface area contributed by atoms with E-state index in [1.54, 1.807) is 24.3 Å². The molecule has 0 spiro atoms. The Morgan fingerprint density at radius 2 is 2.05 bits per heavy atom. The minimum Gasteiger partial charge on any atom is -0.491 e. The van der Waals surface area contributed by atoms with Crippen LogP contribution in [-0.2, 0) is 16.6 Å². The van der Waals surface area contributed by atoms with E-state index in [-0.39, 0.29) is 0 Å². The molecule has 0 radical (unpaired) electrons. The van der Waals surface area contributed by atoms with Crippen LogP contribution in [0, 0.1) is 0 Å². The molecule has 0 saturated carbocycles. The first-order valence-corrected chi connectivity index (χ1v) is 8.92. The third-order valence-electron chi connectivity index (χ3n) is 3.28. The molecule has 5 nitrogen and oxygen atoms in total. The molecule has 1 aliphatic heterocycles. The van der Waals surface area contributed by atoms with Gasteiger partial charge in [0, 0.05) is 24.4 Å². The highest BCUT2D eigenvalue weighted by Gasteiger charge is 2.29. The van der Waals surface area contributed by atoms with Gasteiger partial charge in [-0.15, -0.1) is 11.3 Å². The van der Waals surface area contributed by atoms with Crippen molar-refractivity contribution < 1.29 is 13.2 Å². The van der Waals surface area contributed by atoms with Gasteiger partial charge in [-0.1, -0.05) is 12.1 Å². The molecule has 1 aromatic carbocycles. The Hall–Kier alpha value is -1.57. The fourth-order valence-corrected chi connectivity index (χ4v) is 5.12. The van der Waals surface area contributed by atoms with Crippen LogP contribution in [0.5, 0.6) is 5.75 Å². The SMILES string of the molecule is NCc1ccc(S(=O)(=O)N2CCCOc3ccccc32)s1. The van der Waals surface area contributed by atoms with E-state index in [9.17, 15) is 8.42 Å². The lowest BCUT2D eigenvalue weighted by molar-refractivity contribution is 0.322. The molecule has 2 heterocycles. The third kappa shape index (κ3) is 2.64. The number of rotatable bonds is 3. The Labute approximate surface area is 128 Å². The number of anilines is 1. The molecule has 2 N–H and O–H groups in total. The quantitative estimate of drug-likeness (QED) is 0.939. The number of nitrogens with two attached hydrogens (primary N) is 1. The molecule has 0 aliphatic carbocycles. The van der Waals surface area contributed by atoms with Gasteiger partial charge in [-0.25, -0.2) is 8.42 Å². The van der Waals surface area contributed by atoms with Gasteiger partial charge in [-0.05, 0) is 24.3 Å². The van der Waals surface area contributed by atoms with Crippen molar-refractivity contribution >= 4 is 27.0 Å². The number of nitrogens with zero attached hydrogens (tertiary/aromatic N) is 1. The molecule has 1 aliphatic rings. The largest absolute Gasteiger partial charge is 0.491 e. The van der Waals surface area contributed by atoms with Crippen LogP contribution in [-0.4, -0.2) is 21.6 Å². The van der Waals surface area contributed by atoms with E-state index in [0.29, 0.717) is 41.8 Å². The average molecular weight is 324 g/mol. The van der Waals surface area contributed by atoms with Gasteiger partial charge in [0.25, 0.3) is 10.0 Å². The van der Waals surface area contributed by atoms with Crippen molar-refractivity contribution in [2.45, 2.75) is 17.2 Å². The molecule has 0 bridgehead atoms. The number of hydrogen-bond donors (Lipinski definition) is 1. The Kier molecular flexibility index (Phi) is 3.88. The lowest BCUT2D eigenvalue weighted by Gasteiger charge is -2.22. The monoisotopic (exact) mass is 324 g/mol. The molecular weight excluding hydrogens is 308 g/mol. The zero-order valence-corrected chi connectivity index (χ0v) is 13.0. The van der Waals surface area contributed by atoms with Crippen molar-refractivity contribution in [3.8, 4) is 5.75 Å². The standard InChI is InChI=1S/C14H16N2O3S2/c15-10-11-6-7-14(20-11)21(17,18)16-8-3-9-19-13-5-2-1-4-12(13)16/h1-2,4-7H,3,8-10,15H2. The molecule has 0 fully saturated rings. The maximum atomic E-state index is 12.9. The predicted octanol–water partition coefficient (Wildman–Crippen LogP) is 2.18. The fourth-order valence-electron chi connectivity index (χ4n) is 2.26. The number of fused-ring (bicyclic) bond motifs is 1. The molecule has 0 unspecified atom stereocenters. The summed E-state index contributed by atoms with van der Waals surface area (Å²) in [5.41, 5.74) is 6.16. The zero-order valence-electron chi connectivity index (χ0n) is 11.4. The molecule has 3 rings (SSSR count). The highest BCUT2D eigenvalue weighted by atomic mass is 32.2. The first-order valence-electron chi connectivity index (χ1n) is 6.66. The minimum absolute atomic E-state index is 0.319. The summed E-state index contributed by atoms with van der Waals surface area (Å²) in [4.78, 5) is 0.855. The maximum absolute atomic E-state index is 12.9. The van der Waals surface area contributed by atoms with Crippen LogP contribution in [0.3, 0.4) is 0 Å². The van der Waals surface area contributed by atoms with Crippen molar-refractivity contribution in [1.29, 1.82) is 0 Å². The maximum Gasteiger partial charge on any atom is 0.273 e. The molecule has 21 heavy (non-hydrogen) atoms. The summed E-state index contributed by atoms with van der Waals surface area (Å²) in [7, 11) is -3.57. The first-order chi connectivity index (χ1) is 10.1. The van der Waals surface area contributed by atoms with Gasteiger partial charge in [-0.2, -0.15) is 0 Å². The van der Waals surface area contributed by atoms with Crippen LogP contribution in [0.25, 0.3) is 0 Å².